The first kappa shape index (κ1) is 16.4. The molecule has 2 nitrogen and oxygen atoms in total. The maximum Gasteiger partial charge on any atom is 0.0700 e. The average molecular weight is 263 g/mol. The van der Waals surface area contributed by atoms with Crippen LogP contribution in [-0.2, 0) is 9.47 Å². The average Bonchev–Trinajstić information content (AvgIpc) is 2.20. The van der Waals surface area contributed by atoms with Gasteiger partial charge in [0, 0.05) is 30.8 Å². The Morgan fingerprint density at radius 1 is 0.625 bits per heavy atom. The summed E-state index contributed by atoms with van der Waals surface area (Å²) in [6, 6.07) is 2.81. The van der Waals surface area contributed by atoms with Crippen LogP contribution in [0.1, 0.15) is 12.8 Å². The fraction of sp³-hybridized carbons (Fsp3) is 1.00. The zero-order valence-electron chi connectivity index (χ0n) is 11.6. The molecule has 0 aromatic carbocycles. The second-order valence-electron chi connectivity index (χ2n) is 5.30. The third-order valence-electron chi connectivity index (χ3n) is 2.51. The number of ether oxygens (including phenoxy) is 2. The van der Waals surface area contributed by atoms with Crippen molar-refractivity contribution in [1.29, 1.82) is 0 Å². The van der Waals surface area contributed by atoms with Gasteiger partial charge in [-0.25, -0.2) is 0 Å². The first-order valence-corrected chi connectivity index (χ1v) is 13.0. The summed E-state index contributed by atoms with van der Waals surface area (Å²) >= 11 is 0. The molecule has 0 aliphatic heterocycles. The first-order chi connectivity index (χ1) is 7.63. The fourth-order valence-corrected chi connectivity index (χ4v) is 3.48. The van der Waals surface area contributed by atoms with E-state index in [0.717, 1.165) is 26.4 Å². The summed E-state index contributed by atoms with van der Waals surface area (Å²) in [6.07, 6.45) is 2.48. The zero-order valence-corrected chi connectivity index (χ0v) is 13.9. The van der Waals surface area contributed by atoms with Crippen molar-refractivity contribution >= 4 is 17.6 Å². The lowest BCUT2D eigenvalue weighted by Gasteiger charge is -2.07. The van der Waals surface area contributed by atoms with Crippen LogP contribution in [0.3, 0.4) is 0 Å². The molecule has 4 heteroatoms. The van der Waals surface area contributed by atoms with Gasteiger partial charge in [0.2, 0.25) is 0 Å². The molecule has 0 aliphatic carbocycles. The molecule has 0 radical (unpaired) electrons. The minimum Gasteiger partial charge on any atom is -0.379 e. The quantitative estimate of drug-likeness (QED) is 0.421. The predicted octanol–water partition coefficient (Wildman–Crippen LogP) is 2.77. The molecule has 0 amide bonds. The minimum atomic E-state index is -0.362. The number of hydrogen-bond acceptors (Lipinski definition) is 2. The summed E-state index contributed by atoms with van der Waals surface area (Å²) in [5.74, 6) is 0. The Morgan fingerprint density at radius 3 is 1.31 bits per heavy atom. The molecule has 0 spiro atoms. The maximum absolute atomic E-state index is 5.52. The van der Waals surface area contributed by atoms with Crippen molar-refractivity contribution in [3.63, 3.8) is 0 Å². The first-order valence-electron chi connectivity index (χ1n) is 6.78. The molecule has 0 fully saturated rings. The topological polar surface area (TPSA) is 18.5 Å². The Morgan fingerprint density at radius 2 is 1.00 bits per heavy atom. The highest BCUT2D eigenvalue weighted by Gasteiger charge is 1.97. The highest BCUT2D eigenvalue weighted by Crippen LogP contribution is 1.98. The van der Waals surface area contributed by atoms with Crippen LogP contribution in [0.25, 0.3) is 0 Å². The van der Waals surface area contributed by atoms with E-state index in [2.05, 4.69) is 26.2 Å². The summed E-state index contributed by atoms with van der Waals surface area (Å²) < 4.78 is 11.0. The van der Waals surface area contributed by atoms with Crippen LogP contribution in [0.2, 0.25) is 38.3 Å². The monoisotopic (exact) mass is 262 g/mol. The standard InChI is InChI=1S/C12H30O2Si2/c1-15(2)11-5-7-13-9-10-14-8-6-12-16(3)4/h15-16H,5-12H2,1-4H3. The lowest BCUT2D eigenvalue weighted by molar-refractivity contribution is 0.0482. The van der Waals surface area contributed by atoms with Gasteiger partial charge in [-0.2, -0.15) is 0 Å². The van der Waals surface area contributed by atoms with Crippen molar-refractivity contribution in [2.24, 2.45) is 0 Å². The van der Waals surface area contributed by atoms with Crippen molar-refractivity contribution in [2.45, 2.75) is 51.1 Å². The second kappa shape index (κ2) is 11.8. The van der Waals surface area contributed by atoms with Gasteiger partial charge in [-0.15, -0.1) is 0 Å². The molecular weight excluding hydrogens is 232 g/mol. The second-order valence-corrected chi connectivity index (χ2v) is 12.0. The molecule has 98 valence electrons. The third kappa shape index (κ3) is 14.4. The van der Waals surface area contributed by atoms with E-state index in [9.17, 15) is 0 Å². The Kier molecular flexibility index (Phi) is 12.1. The molecule has 0 saturated heterocycles. The largest absolute Gasteiger partial charge is 0.379 e. The third-order valence-corrected chi connectivity index (χ3v) is 5.64. The van der Waals surface area contributed by atoms with Crippen molar-refractivity contribution in [3.05, 3.63) is 0 Å². The lowest BCUT2D eigenvalue weighted by Crippen LogP contribution is -2.09. The van der Waals surface area contributed by atoms with Gasteiger partial charge in [0.15, 0.2) is 0 Å². The molecule has 0 saturated carbocycles. The predicted molar refractivity (Wildman–Crippen MR) is 78.2 cm³/mol. The SMILES string of the molecule is C[SiH](C)CCCOCCOCCC[SiH](C)C. The summed E-state index contributed by atoms with van der Waals surface area (Å²) in [5, 5.41) is 0. The van der Waals surface area contributed by atoms with Crippen LogP contribution in [0.4, 0.5) is 0 Å². The Balaban J connectivity index is 2.93. The van der Waals surface area contributed by atoms with Gasteiger partial charge in [-0.3, -0.25) is 0 Å². The van der Waals surface area contributed by atoms with Crippen LogP contribution in [0.15, 0.2) is 0 Å². The van der Waals surface area contributed by atoms with Crippen molar-refractivity contribution < 1.29 is 9.47 Å². The van der Waals surface area contributed by atoms with Crippen LogP contribution in [-0.4, -0.2) is 44.0 Å². The van der Waals surface area contributed by atoms with Crippen molar-refractivity contribution in [3.8, 4) is 0 Å². The van der Waals surface area contributed by atoms with Gasteiger partial charge in [-0.05, 0) is 12.8 Å². The summed E-state index contributed by atoms with van der Waals surface area (Å²) in [7, 11) is -0.724. The summed E-state index contributed by atoms with van der Waals surface area (Å²) in [5.41, 5.74) is 0. The van der Waals surface area contributed by atoms with Gasteiger partial charge in [-0.1, -0.05) is 38.3 Å². The smallest absolute Gasteiger partial charge is 0.0700 e. The van der Waals surface area contributed by atoms with Crippen LogP contribution in [0, 0.1) is 0 Å². The summed E-state index contributed by atoms with van der Waals surface area (Å²) in [4.78, 5) is 0. The fourth-order valence-electron chi connectivity index (χ4n) is 1.51. The molecule has 0 unspecified atom stereocenters. The molecule has 0 heterocycles. The number of hydrogen-bond donors (Lipinski definition) is 0. The molecule has 0 rings (SSSR count). The molecule has 0 atom stereocenters. The Bertz CT molecular complexity index is 125. The van der Waals surface area contributed by atoms with Gasteiger partial charge in [0.25, 0.3) is 0 Å². The highest BCUT2D eigenvalue weighted by molar-refractivity contribution is 6.55. The maximum atomic E-state index is 5.52. The van der Waals surface area contributed by atoms with Crippen molar-refractivity contribution in [2.75, 3.05) is 26.4 Å². The molecule has 0 aliphatic rings. The van der Waals surface area contributed by atoms with E-state index < -0.39 is 0 Å². The van der Waals surface area contributed by atoms with Crippen LogP contribution < -0.4 is 0 Å². The van der Waals surface area contributed by atoms with Crippen LogP contribution >= 0.6 is 0 Å². The van der Waals surface area contributed by atoms with Crippen molar-refractivity contribution in [1.82, 2.24) is 0 Å². The van der Waals surface area contributed by atoms with Crippen LogP contribution in [0.5, 0.6) is 0 Å². The molecular formula is C12H30O2Si2. The lowest BCUT2D eigenvalue weighted by atomic mass is 10.5. The molecule has 16 heavy (non-hydrogen) atoms. The number of rotatable bonds is 11. The van der Waals surface area contributed by atoms with E-state index in [-0.39, 0.29) is 17.6 Å². The Labute approximate surface area is 105 Å². The minimum absolute atomic E-state index is 0.362. The van der Waals surface area contributed by atoms with E-state index in [1.807, 2.05) is 0 Å². The van der Waals surface area contributed by atoms with E-state index >= 15 is 0 Å². The Hall–Kier alpha value is 0.354. The van der Waals surface area contributed by atoms with Gasteiger partial charge >= 0.3 is 0 Å². The molecule has 0 aromatic rings. The van der Waals surface area contributed by atoms with E-state index in [0.29, 0.717) is 0 Å². The molecule has 0 bridgehead atoms. The van der Waals surface area contributed by atoms with E-state index in [1.54, 1.807) is 0 Å². The summed E-state index contributed by atoms with van der Waals surface area (Å²) in [6.45, 7) is 13.0. The van der Waals surface area contributed by atoms with Gasteiger partial charge in [0.1, 0.15) is 0 Å². The van der Waals surface area contributed by atoms with E-state index in [1.165, 1.54) is 24.9 Å². The van der Waals surface area contributed by atoms with Gasteiger partial charge < -0.3 is 9.47 Å². The molecule has 0 aromatic heterocycles. The van der Waals surface area contributed by atoms with E-state index in [4.69, 9.17) is 9.47 Å². The zero-order chi connectivity index (χ0) is 12.2. The molecule has 0 N–H and O–H groups in total. The van der Waals surface area contributed by atoms with Gasteiger partial charge in [0.05, 0.1) is 13.2 Å². The normalized spacial score (nSPS) is 11.6. The highest BCUT2D eigenvalue weighted by atomic mass is 28.3.